The second-order valence-corrected chi connectivity index (χ2v) is 4.80. The molecule has 1 aliphatic rings. The van der Waals surface area contributed by atoms with E-state index in [1.807, 2.05) is 0 Å². The van der Waals surface area contributed by atoms with E-state index in [0.717, 1.165) is 13.1 Å². The van der Waals surface area contributed by atoms with Gasteiger partial charge in [0.15, 0.2) is 0 Å². The normalized spacial score (nSPS) is 18.7. The summed E-state index contributed by atoms with van der Waals surface area (Å²) >= 11 is 0. The average Bonchev–Trinajstić information content (AvgIpc) is 2.62. The second-order valence-electron chi connectivity index (χ2n) is 4.80. The van der Waals surface area contributed by atoms with Crippen LogP contribution < -0.4 is 5.32 Å². The minimum absolute atomic E-state index is 0.471. The molecule has 2 rings (SSSR count). The number of aromatic nitrogens is 2. The molecule has 0 amide bonds. The third-order valence-corrected chi connectivity index (χ3v) is 3.21. The molecule has 3 heteroatoms. The predicted molar refractivity (Wildman–Crippen MR) is 62.2 cm³/mol. The van der Waals surface area contributed by atoms with E-state index in [9.17, 15) is 0 Å². The van der Waals surface area contributed by atoms with E-state index >= 15 is 0 Å². The van der Waals surface area contributed by atoms with Crippen molar-refractivity contribution in [3.63, 3.8) is 0 Å². The Morgan fingerprint density at radius 3 is 2.60 bits per heavy atom. The van der Waals surface area contributed by atoms with E-state index in [1.165, 1.54) is 24.1 Å². The Bertz CT molecular complexity index is 322. The zero-order valence-corrected chi connectivity index (χ0v) is 9.95. The molecule has 0 unspecified atom stereocenters. The maximum absolute atomic E-state index is 4.72. The highest BCUT2D eigenvalue weighted by Gasteiger charge is 2.20. The molecule has 84 valence electrons. The molecule has 0 aromatic carbocycles. The van der Waals surface area contributed by atoms with Crippen molar-refractivity contribution in [3.8, 4) is 0 Å². The van der Waals surface area contributed by atoms with Crippen molar-refractivity contribution in [2.45, 2.75) is 45.6 Å². The van der Waals surface area contributed by atoms with Crippen LogP contribution in [0.4, 0.5) is 0 Å². The lowest BCUT2D eigenvalue weighted by Gasteiger charge is -2.21. The number of nitrogens with zero attached hydrogens (tertiary/aromatic N) is 2. The molecule has 1 saturated heterocycles. The van der Waals surface area contributed by atoms with Crippen LogP contribution in [0.25, 0.3) is 0 Å². The van der Waals surface area contributed by atoms with Crippen LogP contribution in [0, 0.1) is 6.92 Å². The Balaban J connectivity index is 2.19. The molecule has 1 fully saturated rings. The number of hydrogen-bond donors (Lipinski definition) is 1. The minimum Gasteiger partial charge on any atom is -0.317 e. The Morgan fingerprint density at radius 1 is 1.40 bits per heavy atom. The molecule has 1 N–H and O–H groups in total. The fourth-order valence-electron chi connectivity index (χ4n) is 2.26. The molecule has 0 radical (unpaired) electrons. The number of rotatable bonds is 2. The molecule has 0 aliphatic carbocycles. The summed E-state index contributed by atoms with van der Waals surface area (Å²) in [5.41, 5.74) is 2.68. The van der Waals surface area contributed by atoms with E-state index < -0.39 is 0 Å². The largest absolute Gasteiger partial charge is 0.317 e. The van der Waals surface area contributed by atoms with Gasteiger partial charge in [0.1, 0.15) is 0 Å². The monoisotopic (exact) mass is 207 g/mol. The summed E-state index contributed by atoms with van der Waals surface area (Å²) in [5.74, 6) is 0.672. The van der Waals surface area contributed by atoms with Crippen molar-refractivity contribution in [1.82, 2.24) is 15.1 Å². The molecule has 0 saturated carbocycles. The molecule has 0 spiro atoms. The van der Waals surface area contributed by atoms with E-state index in [2.05, 4.69) is 37.0 Å². The molecular weight excluding hydrogens is 186 g/mol. The number of nitrogens with one attached hydrogen (secondary N) is 1. The summed E-state index contributed by atoms with van der Waals surface area (Å²) in [6.07, 6.45) is 4.65. The lowest BCUT2D eigenvalue weighted by atomic mass is 9.93. The minimum atomic E-state index is 0.471. The summed E-state index contributed by atoms with van der Waals surface area (Å²) in [6, 6.07) is 0.471. The summed E-state index contributed by atoms with van der Waals surface area (Å²) in [5, 5.41) is 8.12. The summed E-state index contributed by atoms with van der Waals surface area (Å²) in [6.45, 7) is 8.82. The lowest BCUT2D eigenvalue weighted by molar-refractivity contribution is 0.440. The van der Waals surface area contributed by atoms with Crippen molar-refractivity contribution in [2.24, 2.45) is 0 Å². The SMILES string of the molecule is Cc1cn(C(C)C)nc1C1CCNCC1. The molecule has 0 bridgehead atoms. The standard InChI is InChI=1S/C12H21N3/c1-9(2)15-8-10(3)12(14-15)11-4-6-13-7-5-11/h8-9,11,13H,4-7H2,1-3H3. The Hall–Kier alpha value is -0.830. The van der Waals surface area contributed by atoms with Gasteiger partial charge in [0.25, 0.3) is 0 Å². The van der Waals surface area contributed by atoms with Gasteiger partial charge in [0, 0.05) is 18.2 Å². The predicted octanol–water partition coefficient (Wildman–Crippen LogP) is 2.24. The van der Waals surface area contributed by atoms with Gasteiger partial charge in [-0.15, -0.1) is 0 Å². The Kier molecular flexibility index (Phi) is 3.10. The van der Waals surface area contributed by atoms with Gasteiger partial charge < -0.3 is 5.32 Å². The summed E-state index contributed by atoms with van der Waals surface area (Å²) in [4.78, 5) is 0. The average molecular weight is 207 g/mol. The first-order valence-electron chi connectivity index (χ1n) is 5.95. The Labute approximate surface area is 91.9 Å². The maximum atomic E-state index is 4.72. The third-order valence-electron chi connectivity index (χ3n) is 3.21. The van der Waals surface area contributed by atoms with Crippen LogP contribution in [-0.4, -0.2) is 22.9 Å². The van der Waals surface area contributed by atoms with Gasteiger partial charge in [0.05, 0.1) is 5.69 Å². The molecule has 2 heterocycles. The highest BCUT2D eigenvalue weighted by atomic mass is 15.3. The maximum Gasteiger partial charge on any atom is 0.0685 e. The smallest absolute Gasteiger partial charge is 0.0685 e. The molecule has 1 aliphatic heterocycles. The highest BCUT2D eigenvalue weighted by molar-refractivity contribution is 5.20. The lowest BCUT2D eigenvalue weighted by Crippen LogP contribution is -2.27. The van der Waals surface area contributed by atoms with Gasteiger partial charge >= 0.3 is 0 Å². The third kappa shape index (κ3) is 2.23. The second kappa shape index (κ2) is 4.35. The van der Waals surface area contributed by atoms with Gasteiger partial charge in [-0.1, -0.05) is 0 Å². The zero-order chi connectivity index (χ0) is 10.8. The van der Waals surface area contributed by atoms with Gasteiger partial charge in [0.2, 0.25) is 0 Å². The van der Waals surface area contributed by atoms with Gasteiger partial charge in [-0.2, -0.15) is 5.10 Å². The molecule has 3 nitrogen and oxygen atoms in total. The fraction of sp³-hybridized carbons (Fsp3) is 0.750. The van der Waals surface area contributed by atoms with Gasteiger partial charge in [-0.25, -0.2) is 0 Å². The quantitative estimate of drug-likeness (QED) is 0.806. The van der Waals surface area contributed by atoms with Crippen LogP contribution >= 0.6 is 0 Å². The topological polar surface area (TPSA) is 29.9 Å². The first-order chi connectivity index (χ1) is 7.18. The first kappa shape index (κ1) is 10.7. The van der Waals surface area contributed by atoms with Crippen molar-refractivity contribution >= 4 is 0 Å². The Morgan fingerprint density at radius 2 is 2.07 bits per heavy atom. The van der Waals surface area contributed by atoms with E-state index in [-0.39, 0.29) is 0 Å². The van der Waals surface area contributed by atoms with Crippen molar-refractivity contribution in [3.05, 3.63) is 17.5 Å². The molecule has 0 atom stereocenters. The van der Waals surface area contributed by atoms with E-state index in [1.54, 1.807) is 0 Å². The van der Waals surface area contributed by atoms with Crippen molar-refractivity contribution in [2.75, 3.05) is 13.1 Å². The first-order valence-corrected chi connectivity index (χ1v) is 5.95. The fourth-order valence-corrected chi connectivity index (χ4v) is 2.26. The van der Waals surface area contributed by atoms with E-state index in [0.29, 0.717) is 12.0 Å². The molecular formula is C12H21N3. The molecule has 15 heavy (non-hydrogen) atoms. The van der Waals surface area contributed by atoms with Gasteiger partial charge in [-0.3, -0.25) is 4.68 Å². The zero-order valence-electron chi connectivity index (χ0n) is 9.95. The van der Waals surface area contributed by atoms with Crippen LogP contribution in [0.2, 0.25) is 0 Å². The van der Waals surface area contributed by atoms with E-state index in [4.69, 9.17) is 5.10 Å². The molecule has 1 aromatic rings. The van der Waals surface area contributed by atoms with Crippen LogP contribution in [0.5, 0.6) is 0 Å². The van der Waals surface area contributed by atoms with Crippen LogP contribution in [0.3, 0.4) is 0 Å². The summed E-state index contributed by atoms with van der Waals surface area (Å²) in [7, 11) is 0. The van der Waals surface area contributed by atoms with Crippen molar-refractivity contribution in [1.29, 1.82) is 0 Å². The number of piperidine rings is 1. The summed E-state index contributed by atoms with van der Waals surface area (Å²) < 4.78 is 2.09. The number of aryl methyl sites for hydroxylation is 1. The van der Waals surface area contributed by atoms with Crippen LogP contribution in [0.1, 0.15) is 49.9 Å². The number of hydrogen-bond acceptors (Lipinski definition) is 2. The van der Waals surface area contributed by atoms with Crippen LogP contribution in [0.15, 0.2) is 6.20 Å². The van der Waals surface area contributed by atoms with Crippen molar-refractivity contribution < 1.29 is 0 Å². The van der Waals surface area contributed by atoms with Gasteiger partial charge in [-0.05, 0) is 52.3 Å². The molecule has 1 aromatic heterocycles. The highest BCUT2D eigenvalue weighted by Crippen LogP contribution is 2.26. The van der Waals surface area contributed by atoms with Crippen LogP contribution in [-0.2, 0) is 0 Å².